The van der Waals surface area contributed by atoms with E-state index in [0.717, 1.165) is 28.5 Å². The van der Waals surface area contributed by atoms with Crippen LogP contribution < -0.4 is 16.0 Å². The highest BCUT2D eigenvalue weighted by atomic mass is 32.1. The van der Waals surface area contributed by atoms with Gasteiger partial charge >= 0.3 is 5.97 Å². The molecule has 1 aliphatic carbocycles. The van der Waals surface area contributed by atoms with Crippen molar-refractivity contribution in [2.45, 2.75) is 50.1 Å². The zero-order valence-electron chi connectivity index (χ0n) is 19.8. The predicted octanol–water partition coefficient (Wildman–Crippen LogP) is 3.26. The number of thiophene rings is 1. The first-order chi connectivity index (χ1) is 17.4. The second-order valence-corrected chi connectivity index (χ2v) is 10.1. The lowest BCUT2D eigenvalue weighted by atomic mass is 9.94. The predicted molar refractivity (Wildman–Crippen MR) is 138 cm³/mol. The minimum absolute atomic E-state index is 0.0385. The zero-order chi connectivity index (χ0) is 25.5. The first-order valence-electron chi connectivity index (χ1n) is 12.0. The van der Waals surface area contributed by atoms with Crippen molar-refractivity contribution in [3.63, 3.8) is 0 Å². The van der Waals surface area contributed by atoms with Gasteiger partial charge in [-0.05, 0) is 35.9 Å². The molecule has 36 heavy (non-hydrogen) atoms. The summed E-state index contributed by atoms with van der Waals surface area (Å²) in [5, 5.41) is 18.3. The number of fused-ring (bicyclic) bond motifs is 1. The zero-order valence-corrected chi connectivity index (χ0v) is 20.6. The Morgan fingerprint density at radius 2 is 1.67 bits per heavy atom. The molecule has 1 aliphatic rings. The number of hydrogen-bond acceptors (Lipinski definition) is 5. The summed E-state index contributed by atoms with van der Waals surface area (Å²) in [5.41, 5.74) is -0.255. The molecule has 0 bridgehead atoms. The summed E-state index contributed by atoms with van der Waals surface area (Å²) < 4.78 is 0.994. The maximum Gasteiger partial charge on any atom is 0.305 e. The Morgan fingerprint density at radius 3 is 2.36 bits per heavy atom. The van der Waals surface area contributed by atoms with Gasteiger partial charge in [0.05, 0.1) is 11.3 Å². The lowest BCUT2D eigenvalue weighted by molar-refractivity contribution is -0.137. The van der Waals surface area contributed by atoms with Gasteiger partial charge in [-0.15, -0.1) is 11.3 Å². The molecule has 8 nitrogen and oxygen atoms in total. The Morgan fingerprint density at radius 1 is 0.972 bits per heavy atom. The van der Waals surface area contributed by atoms with Gasteiger partial charge in [0.1, 0.15) is 11.6 Å². The minimum Gasteiger partial charge on any atom is -0.481 e. The molecule has 0 radical (unpaired) electrons. The molecule has 4 rings (SSSR count). The molecular formula is C27H29N3O5S. The maximum atomic E-state index is 13.6. The third kappa shape index (κ3) is 6.09. The van der Waals surface area contributed by atoms with Crippen molar-refractivity contribution in [3.8, 4) is 0 Å². The molecule has 1 heterocycles. The highest BCUT2D eigenvalue weighted by Gasteiger charge is 2.44. The Hall–Kier alpha value is -3.72. The van der Waals surface area contributed by atoms with Gasteiger partial charge in [-0.1, -0.05) is 61.4 Å². The Balaban J connectivity index is 1.51. The van der Waals surface area contributed by atoms with Crippen molar-refractivity contribution in [2.75, 3.05) is 6.54 Å². The highest BCUT2D eigenvalue weighted by Crippen LogP contribution is 2.32. The fourth-order valence-corrected chi connectivity index (χ4v) is 5.49. The summed E-state index contributed by atoms with van der Waals surface area (Å²) in [6.07, 6.45) is 2.56. The van der Waals surface area contributed by atoms with Crippen LogP contribution in [0.1, 0.15) is 47.3 Å². The monoisotopic (exact) mass is 507 g/mol. The quantitative estimate of drug-likeness (QED) is 0.335. The smallest absolute Gasteiger partial charge is 0.305 e. The van der Waals surface area contributed by atoms with E-state index in [1.54, 1.807) is 0 Å². The van der Waals surface area contributed by atoms with Crippen molar-refractivity contribution in [1.82, 2.24) is 16.0 Å². The van der Waals surface area contributed by atoms with Gasteiger partial charge in [0.25, 0.3) is 5.91 Å². The van der Waals surface area contributed by atoms with Crippen LogP contribution in [-0.4, -0.2) is 46.9 Å². The van der Waals surface area contributed by atoms with Gasteiger partial charge in [0.2, 0.25) is 11.8 Å². The van der Waals surface area contributed by atoms with Crippen LogP contribution in [0.5, 0.6) is 0 Å². The van der Waals surface area contributed by atoms with Crippen molar-refractivity contribution in [3.05, 3.63) is 71.1 Å². The average molecular weight is 508 g/mol. The second-order valence-electron chi connectivity index (χ2n) is 9.04. The van der Waals surface area contributed by atoms with E-state index >= 15 is 0 Å². The number of rotatable bonds is 10. The summed E-state index contributed by atoms with van der Waals surface area (Å²) in [7, 11) is 0. The van der Waals surface area contributed by atoms with E-state index in [2.05, 4.69) is 16.0 Å². The molecule has 1 fully saturated rings. The highest BCUT2D eigenvalue weighted by molar-refractivity contribution is 7.20. The molecule has 3 amide bonds. The third-order valence-corrected chi connectivity index (χ3v) is 7.55. The normalized spacial score (nSPS) is 15.2. The number of hydrogen-bond donors (Lipinski definition) is 4. The number of amides is 3. The first-order valence-corrected chi connectivity index (χ1v) is 12.8. The summed E-state index contributed by atoms with van der Waals surface area (Å²) in [6.45, 7) is -0.0385. The Labute approximate surface area is 213 Å². The van der Waals surface area contributed by atoms with Crippen LogP contribution in [0.2, 0.25) is 0 Å². The minimum atomic E-state index is -1.11. The summed E-state index contributed by atoms with van der Waals surface area (Å²) in [4.78, 5) is 51.1. The number of carbonyl (C=O) groups excluding carboxylic acids is 3. The Kier molecular flexibility index (Phi) is 8.00. The SMILES string of the molecule is O=C(O)CCNC(=O)[C@@H](Cc1ccccc1)NC(=O)C1(NC(=O)c2cc3ccccc3s2)CCCC1. The lowest BCUT2D eigenvalue weighted by Crippen LogP contribution is -2.61. The number of carboxylic acids is 1. The average Bonchev–Trinajstić information content (AvgIpc) is 3.52. The summed E-state index contributed by atoms with van der Waals surface area (Å²) in [5.74, 6) is -2.19. The standard InChI is InChI=1S/C27H29N3O5S/c31-23(32)12-15-28-24(33)20(16-18-8-2-1-3-9-18)29-26(35)27(13-6-7-14-27)30-25(34)22-17-19-10-4-5-11-21(19)36-22/h1-5,8-11,17,20H,6-7,12-16H2,(H,28,33)(H,29,35)(H,30,34)(H,31,32)/t20-/m1/s1. The summed E-state index contributed by atoms with van der Waals surface area (Å²) >= 11 is 1.38. The van der Waals surface area contributed by atoms with Gasteiger partial charge in [-0.3, -0.25) is 19.2 Å². The van der Waals surface area contributed by atoms with E-state index in [1.165, 1.54) is 11.3 Å². The van der Waals surface area contributed by atoms with Crippen molar-refractivity contribution < 1.29 is 24.3 Å². The van der Waals surface area contributed by atoms with Gasteiger partial charge in [-0.25, -0.2) is 0 Å². The number of aliphatic carboxylic acids is 1. The van der Waals surface area contributed by atoms with Crippen molar-refractivity contribution in [1.29, 1.82) is 0 Å². The fourth-order valence-electron chi connectivity index (χ4n) is 4.53. The van der Waals surface area contributed by atoms with Crippen LogP contribution in [0, 0.1) is 0 Å². The topological polar surface area (TPSA) is 125 Å². The molecule has 1 aromatic heterocycles. The first kappa shape index (κ1) is 25.4. The van der Waals surface area contributed by atoms with Crippen LogP contribution in [0.15, 0.2) is 60.7 Å². The number of benzene rings is 2. The van der Waals surface area contributed by atoms with Gasteiger partial charge < -0.3 is 21.1 Å². The van der Waals surface area contributed by atoms with Crippen LogP contribution in [0.4, 0.5) is 0 Å². The molecule has 2 aromatic carbocycles. The van der Waals surface area contributed by atoms with E-state index < -0.39 is 29.4 Å². The molecule has 1 saturated carbocycles. The fraction of sp³-hybridized carbons (Fsp3) is 0.333. The molecule has 188 valence electrons. The number of carbonyl (C=O) groups is 4. The van der Waals surface area contributed by atoms with Crippen molar-refractivity contribution in [2.24, 2.45) is 0 Å². The number of nitrogens with one attached hydrogen (secondary N) is 3. The van der Waals surface area contributed by atoms with E-state index in [1.807, 2.05) is 60.7 Å². The van der Waals surface area contributed by atoms with E-state index in [4.69, 9.17) is 5.11 Å². The van der Waals surface area contributed by atoms with Crippen LogP contribution in [0.25, 0.3) is 10.1 Å². The molecule has 0 aliphatic heterocycles. The summed E-state index contributed by atoms with van der Waals surface area (Å²) in [6, 6.07) is 17.9. The molecule has 0 unspecified atom stereocenters. The van der Waals surface area contributed by atoms with E-state index in [9.17, 15) is 19.2 Å². The molecule has 4 N–H and O–H groups in total. The van der Waals surface area contributed by atoms with E-state index in [0.29, 0.717) is 17.7 Å². The van der Waals surface area contributed by atoms with Crippen LogP contribution in [-0.2, 0) is 20.8 Å². The lowest BCUT2D eigenvalue weighted by Gasteiger charge is -2.31. The molecule has 1 atom stereocenters. The number of carboxylic acid groups (broad SMARTS) is 1. The van der Waals surface area contributed by atoms with E-state index in [-0.39, 0.29) is 25.3 Å². The third-order valence-electron chi connectivity index (χ3n) is 6.44. The van der Waals surface area contributed by atoms with Crippen LogP contribution in [0.3, 0.4) is 0 Å². The largest absolute Gasteiger partial charge is 0.481 e. The van der Waals surface area contributed by atoms with Crippen molar-refractivity contribution >= 4 is 45.1 Å². The molecule has 0 spiro atoms. The molecule has 9 heteroatoms. The Bertz CT molecular complexity index is 1220. The molecule has 0 saturated heterocycles. The molecular weight excluding hydrogens is 478 g/mol. The second kappa shape index (κ2) is 11.3. The van der Waals surface area contributed by atoms with Gasteiger partial charge in [0.15, 0.2) is 0 Å². The molecule has 3 aromatic rings. The van der Waals surface area contributed by atoms with Gasteiger partial charge in [0, 0.05) is 17.7 Å². The van der Waals surface area contributed by atoms with Crippen LogP contribution >= 0.6 is 11.3 Å². The van der Waals surface area contributed by atoms with Gasteiger partial charge in [-0.2, -0.15) is 0 Å². The maximum absolute atomic E-state index is 13.6.